The smallest absolute Gasteiger partial charge is 0.322 e. The van der Waals surface area contributed by atoms with Crippen molar-refractivity contribution < 1.29 is 4.74 Å². The van der Waals surface area contributed by atoms with Gasteiger partial charge in [-0.1, -0.05) is 18.2 Å². The number of benzene rings is 1. The van der Waals surface area contributed by atoms with Crippen LogP contribution in [0.4, 0.5) is 11.9 Å². The van der Waals surface area contributed by atoms with E-state index in [1.54, 1.807) is 13.3 Å². The average Bonchev–Trinajstić information content (AvgIpc) is 3.12. The van der Waals surface area contributed by atoms with Gasteiger partial charge in [-0.15, -0.1) is 0 Å². The van der Waals surface area contributed by atoms with Crippen molar-refractivity contribution >= 4 is 29.0 Å². The number of hydrogen-bond acceptors (Lipinski definition) is 7. The first-order chi connectivity index (χ1) is 12.8. The zero-order chi connectivity index (χ0) is 17.8. The summed E-state index contributed by atoms with van der Waals surface area (Å²) in [6.45, 7) is 1.90. The van der Waals surface area contributed by atoms with Crippen molar-refractivity contribution in [1.82, 2.24) is 19.9 Å². The quantitative estimate of drug-likeness (QED) is 0.542. The van der Waals surface area contributed by atoms with E-state index in [1.165, 1.54) is 6.42 Å². The number of piperidine rings is 1. The van der Waals surface area contributed by atoms with Crippen molar-refractivity contribution in [3.8, 4) is 6.01 Å². The summed E-state index contributed by atoms with van der Waals surface area (Å²) in [5.74, 6) is 0.995. The Labute approximate surface area is 151 Å². The maximum Gasteiger partial charge on any atom is 0.322 e. The fraction of sp³-hybridized carbons (Fsp3) is 0.333. The van der Waals surface area contributed by atoms with Crippen LogP contribution >= 0.6 is 0 Å². The maximum atomic E-state index is 5.21. The number of para-hydroxylation sites is 1. The summed E-state index contributed by atoms with van der Waals surface area (Å²) in [5, 5.41) is 5.39. The summed E-state index contributed by atoms with van der Waals surface area (Å²) < 4.78 is 5.21. The van der Waals surface area contributed by atoms with Gasteiger partial charge in [0, 0.05) is 35.8 Å². The van der Waals surface area contributed by atoms with Crippen molar-refractivity contribution in [2.75, 3.05) is 30.5 Å². The lowest BCUT2D eigenvalue weighted by atomic mass is 10.1. The molecule has 0 bridgehead atoms. The van der Waals surface area contributed by atoms with Crippen molar-refractivity contribution in [2.45, 2.75) is 19.3 Å². The molecular formula is C18H21N7O. The molecule has 0 aliphatic carbocycles. The number of H-pyrrole nitrogens is 1. The minimum atomic E-state index is 0.283. The molecule has 8 heteroatoms. The third kappa shape index (κ3) is 3.44. The molecule has 134 valence electrons. The molecule has 1 saturated heterocycles. The fourth-order valence-corrected chi connectivity index (χ4v) is 3.08. The monoisotopic (exact) mass is 351 g/mol. The Morgan fingerprint density at radius 1 is 1.15 bits per heavy atom. The summed E-state index contributed by atoms with van der Waals surface area (Å²) in [5.41, 5.74) is 4.95. The predicted octanol–water partition coefficient (Wildman–Crippen LogP) is 2.80. The largest absolute Gasteiger partial charge is 0.467 e. The van der Waals surface area contributed by atoms with Gasteiger partial charge in [-0.2, -0.15) is 20.1 Å². The first-order valence-electron chi connectivity index (χ1n) is 8.74. The molecule has 1 aliphatic rings. The first-order valence-corrected chi connectivity index (χ1v) is 8.74. The summed E-state index contributed by atoms with van der Waals surface area (Å²) in [6.07, 6.45) is 7.21. The van der Waals surface area contributed by atoms with Gasteiger partial charge in [-0.3, -0.25) is 0 Å². The number of anilines is 2. The van der Waals surface area contributed by atoms with Gasteiger partial charge in [0.2, 0.25) is 5.95 Å². The van der Waals surface area contributed by atoms with Crippen molar-refractivity contribution in [1.29, 1.82) is 0 Å². The van der Waals surface area contributed by atoms with E-state index in [0.29, 0.717) is 11.9 Å². The molecular weight excluding hydrogens is 330 g/mol. The SMILES string of the molecule is COc1nc(NN=Cc2c[nH]c3ccccc23)nc(N2CCCCC2)n1. The van der Waals surface area contributed by atoms with Crippen LogP contribution in [0.3, 0.4) is 0 Å². The van der Waals surface area contributed by atoms with Crippen molar-refractivity contribution in [3.05, 3.63) is 36.0 Å². The number of ether oxygens (including phenoxy) is 1. The highest BCUT2D eigenvalue weighted by Crippen LogP contribution is 2.19. The highest BCUT2D eigenvalue weighted by molar-refractivity contribution is 5.99. The number of rotatable bonds is 5. The Morgan fingerprint density at radius 3 is 2.85 bits per heavy atom. The maximum absolute atomic E-state index is 5.21. The van der Waals surface area contributed by atoms with E-state index >= 15 is 0 Å². The van der Waals surface area contributed by atoms with Gasteiger partial charge >= 0.3 is 6.01 Å². The number of aromatic amines is 1. The Kier molecular flexibility index (Phi) is 4.63. The molecule has 3 aromatic rings. The van der Waals surface area contributed by atoms with E-state index in [1.807, 2.05) is 30.5 Å². The van der Waals surface area contributed by atoms with Gasteiger partial charge in [0.05, 0.1) is 13.3 Å². The highest BCUT2D eigenvalue weighted by atomic mass is 16.5. The van der Waals surface area contributed by atoms with E-state index in [0.717, 1.165) is 42.4 Å². The molecule has 0 radical (unpaired) electrons. The second kappa shape index (κ2) is 7.38. The Hall–Kier alpha value is -3.16. The molecule has 0 unspecified atom stereocenters. The predicted molar refractivity (Wildman–Crippen MR) is 102 cm³/mol. The van der Waals surface area contributed by atoms with Gasteiger partial charge in [-0.25, -0.2) is 5.43 Å². The topological polar surface area (TPSA) is 91.3 Å². The molecule has 8 nitrogen and oxygen atoms in total. The van der Waals surface area contributed by atoms with Crippen molar-refractivity contribution in [3.63, 3.8) is 0 Å². The normalized spacial score (nSPS) is 14.9. The summed E-state index contributed by atoms with van der Waals surface area (Å²) in [4.78, 5) is 18.4. The summed E-state index contributed by atoms with van der Waals surface area (Å²) in [6, 6.07) is 8.36. The molecule has 1 aliphatic heterocycles. The van der Waals surface area contributed by atoms with Crippen LogP contribution < -0.4 is 15.1 Å². The second-order valence-corrected chi connectivity index (χ2v) is 6.15. The zero-order valence-electron chi connectivity index (χ0n) is 14.6. The third-order valence-electron chi connectivity index (χ3n) is 4.41. The van der Waals surface area contributed by atoms with Gasteiger partial charge in [0.15, 0.2) is 0 Å². The fourth-order valence-electron chi connectivity index (χ4n) is 3.08. The van der Waals surface area contributed by atoms with Crippen molar-refractivity contribution in [2.24, 2.45) is 5.10 Å². The van der Waals surface area contributed by atoms with Crippen LogP contribution in [0.5, 0.6) is 6.01 Å². The van der Waals surface area contributed by atoms with Crippen LogP contribution in [0.15, 0.2) is 35.6 Å². The molecule has 0 saturated carbocycles. The molecule has 26 heavy (non-hydrogen) atoms. The van der Waals surface area contributed by atoms with Crippen LogP contribution in [-0.2, 0) is 0 Å². The van der Waals surface area contributed by atoms with Gasteiger partial charge in [-0.05, 0) is 25.3 Å². The van der Waals surface area contributed by atoms with Crippen LogP contribution in [0.2, 0.25) is 0 Å². The molecule has 4 rings (SSSR count). The highest BCUT2D eigenvalue weighted by Gasteiger charge is 2.16. The molecule has 3 heterocycles. The lowest BCUT2D eigenvalue weighted by Gasteiger charge is -2.26. The Bertz CT molecular complexity index is 915. The number of fused-ring (bicyclic) bond motifs is 1. The molecule has 0 atom stereocenters. The number of nitrogens with zero attached hydrogens (tertiary/aromatic N) is 5. The average molecular weight is 351 g/mol. The van der Waals surface area contributed by atoms with Gasteiger partial charge in [0.25, 0.3) is 5.95 Å². The molecule has 2 aromatic heterocycles. The number of hydrazone groups is 1. The number of nitrogens with one attached hydrogen (secondary N) is 2. The molecule has 0 spiro atoms. The molecule has 2 N–H and O–H groups in total. The molecule has 0 amide bonds. The minimum absolute atomic E-state index is 0.283. The van der Waals surface area contributed by atoms with Gasteiger partial charge < -0.3 is 14.6 Å². The lowest BCUT2D eigenvalue weighted by molar-refractivity contribution is 0.378. The van der Waals surface area contributed by atoms with E-state index in [4.69, 9.17) is 4.74 Å². The standard InChI is InChI=1S/C18H21N7O/c1-26-18-22-16(21-17(23-18)25-9-5-2-6-10-25)24-20-12-13-11-19-15-8-4-3-7-14(13)15/h3-4,7-8,11-12,19H,2,5-6,9-10H2,1H3,(H,21,22,23,24). The Morgan fingerprint density at radius 2 is 2.00 bits per heavy atom. The number of methoxy groups -OCH3 is 1. The summed E-state index contributed by atoms with van der Waals surface area (Å²) in [7, 11) is 1.55. The van der Waals surface area contributed by atoms with E-state index in [2.05, 4.69) is 35.4 Å². The number of aromatic nitrogens is 4. The first kappa shape index (κ1) is 16.3. The summed E-state index contributed by atoms with van der Waals surface area (Å²) >= 11 is 0. The second-order valence-electron chi connectivity index (χ2n) is 6.15. The van der Waals surface area contributed by atoms with Crippen LogP contribution in [-0.4, -0.2) is 46.3 Å². The molecule has 1 fully saturated rings. The number of hydrogen-bond donors (Lipinski definition) is 2. The van der Waals surface area contributed by atoms with E-state index < -0.39 is 0 Å². The molecule has 1 aromatic carbocycles. The van der Waals surface area contributed by atoms with Gasteiger partial charge in [0.1, 0.15) is 0 Å². The van der Waals surface area contributed by atoms with E-state index in [9.17, 15) is 0 Å². The third-order valence-corrected chi connectivity index (χ3v) is 4.41. The van der Waals surface area contributed by atoms with E-state index in [-0.39, 0.29) is 6.01 Å². The zero-order valence-corrected chi connectivity index (χ0v) is 14.6. The lowest BCUT2D eigenvalue weighted by Crippen LogP contribution is -2.31. The Balaban J connectivity index is 1.53. The minimum Gasteiger partial charge on any atom is -0.467 e. The van der Waals surface area contributed by atoms with Crippen LogP contribution in [0.1, 0.15) is 24.8 Å². The van der Waals surface area contributed by atoms with Crippen LogP contribution in [0, 0.1) is 0 Å². The van der Waals surface area contributed by atoms with Crippen LogP contribution in [0.25, 0.3) is 10.9 Å².